The van der Waals surface area contributed by atoms with Crippen molar-refractivity contribution < 1.29 is 13.2 Å². The number of ether oxygens (including phenoxy) is 1. The van der Waals surface area contributed by atoms with Crippen LogP contribution in [0.3, 0.4) is 0 Å². The minimum Gasteiger partial charge on any atom is -0.377 e. The highest BCUT2D eigenvalue weighted by atomic mass is 32.2. The van der Waals surface area contributed by atoms with Crippen LogP contribution in [0.4, 0.5) is 5.82 Å². The fourth-order valence-electron chi connectivity index (χ4n) is 1.81. The van der Waals surface area contributed by atoms with E-state index >= 15 is 0 Å². The van der Waals surface area contributed by atoms with Gasteiger partial charge in [0.25, 0.3) is 0 Å². The molecule has 1 aromatic rings. The number of nitrogen functional groups attached to an aromatic ring is 1. The molecular formula is C10H16N4O3S. The third kappa shape index (κ3) is 2.78. The van der Waals surface area contributed by atoms with Gasteiger partial charge < -0.3 is 10.2 Å². The molecule has 8 heteroatoms. The summed E-state index contributed by atoms with van der Waals surface area (Å²) < 4.78 is 32.2. The molecule has 0 radical (unpaired) electrons. The first-order valence-corrected chi connectivity index (χ1v) is 7.08. The Labute approximate surface area is 106 Å². The van der Waals surface area contributed by atoms with E-state index < -0.39 is 10.0 Å². The molecule has 0 saturated carbocycles. The SMILES string of the molecule is CC1OCCC1NS(=O)(=O)c1ccnc(NN)c1. The second kappa shape index (κ2) is 5.19. The number of hydrazine groups is 1. The van der Waals surface area contributed by atoms with Crippen molar-refractivity contribution in [2.24, 2.45) is 5.84 Å². The lowest BCUT2D eigenvalue weighted by Crippen LogP contribution is -2.39. The van der Waals surface area contributed by atoms with Crippen LogP contribution in [-0.4, -0.2) is 32.2 Å². The molecule has 1 fully saturated rings. The summed E-state index contributed by atoms with van der Waals surface area (Å²) in [6.07, 6.45) is 1.94. The second-order valence-electron chi connectivity index (χ2n) is 4.11. The van der Waals surface area contributed by atoms with Gasteiger partial charge >= 0.3 is 0 Å². The topological polar surface area (TPSA) is 106 Å². The molecule has 0 amide bonds. The van der Waals surface area contributed by atoms with Crippen LogP contribution in [-0.2, 0) is 14.8 Å². The summed E-state index contributed by atoms with van der Waals surface area (Å²) in [4.78, 5) is 3.99. The summed E-state index contributed by atoms with van der Waals surface area (Å²) in [5.41, 5.74) is 2.31. The summed E-state index contributed by atoms with van der Waals surface area (Å²) in [5, 5.41) is 0. The molecule has 4 N–H and O–H groups in total. The molecule has 0 bridgehead atoms. The number of rotatable bonds is 4. The molecule has 1 aromatic heterocycles. The first-order valence-electron chi connectivity index (χ1n) is 5.59. The molecule has 1 aliphatic heterocycles. The number of nitrogens with zero attached hydrogens (tertiary/aromatic N) is 1. The smallest absolute Gasteiger partial charge is 0.241 e. The van der Waals surface area contributed by atoms with Gasteiger partial charge in [-0.05, 0) is 19.4 Å². The number of pyridine rings is 1. The van der Waals surface area contributed by atoms with E-state index in [1.165, 1.54) is 18.3 Å². The molecule has 100 valence electrons. The van der Waals surface area contributed by atoms with Crippen molar-refractivity contribution in [2.75, 3.05) is 12.0 Å². The number of nitrogens with two attached hydrogens (primary N) is 1. The van der Waals surface area contributed by atoms with Crippen molar-refractivity contribution in [3.8, 4) is 0 Å². The second-order valence-corrected chi connectivity index (χ2v) is 5.83. The fourth-order valence-corrected chi connectivity index (χ4v) is 3.16. The third-order valence-electron chi connectivity index (χ3n) is 2.87. The molecule has 2 heterocycles. The lowest BCUT2D eigenvalue weighted by molar-refractivity contribution is 0.117. The number of aromatic nitrogens is 1. The molecule has 1 aliphatic rings. The van der Waals surface area contributed by atoms with E-state index in [9.17, 15) is 8.42 Å². The van der Waals surface area contributed by atoms with Crippen molar-refractivity contribution in [1.82, 2.24) is 9.71 Å². The number of nitrogens with one attached hydrogen (secondary N) is 2. The number of anilines is 1. The maximum atomic E-state index is 12.1. The molecule has 0 aliphatic carbocycles. The van der Waals surface area contributed by atoms with Crippen LogP contribution < -0.4 is 16.0 Å². The van der Waals surface area contributed by atoms with E-state index in [2.05, 4.69) is 15.1 Å². The van der Waals surface area contributed by atoms with Gasteiger partial charge in [0.05, 0.1) is 17.0 Å². The minimum absolute atomic E-state index is 0.117. The van der Waals surface area contributed by atoms with Gasteiger partial charge in [0.1, 0.15) is 5.82 Å². The van der Waals surface area contributed by atoms with Gasteiger partial charge in [-0.25, -0.2) is 24.0 Å². The summed E-state index contributed by atoms with van der Waals surface area (Å²) in [6, 6.07) is 2.60. The number of hydrogen-bond donors (Lipinski definition) is 3. The highest BCUT2D eigenvalue weighted by Crippen LogP contribution is 2.17. The molecule has 1 saturated heterocycles. The first-order chi connectivity index (χ1) is 8.53. The van der Waals surface area contributed by atoms with Crippen molar-refractivity contribution in [1.29, 1.82) is 0 Å². The minimum atomic E-state index is -3.57. The van der Waals surface area contributed by atoms with Gasteiger partial charge in [0.15, 0.2) is 0 Å². The van der Waals surface area contributed by atoms with E-state index in [0.717, 1.165) is 0 Å². The van der Waals surface area contributed by atoms with E-state index in [-0.39, 0.29) is 17.0 Å². The standard InChI is InChI=1S/C10H16N4O3S/c1-7-9(3-5-17-7)14-18(15,16)8-2-4-12-10(6-8)13-11/h2,4,6-7,9,14H,3,5,11H2,1H3,(H,12,13). The Balaban J connectivity index is 2.19. The zero-order valence-corrected chi connectivity index (χ0v) is 10.8. The molecule has 2 atom stereocenters. The van der Waals surface area contributed by atoms with Gasteiger partial charge in [-0.2, -0.15) is 0 Å². The number of hydrogen-bond acceptors (Lipinski definition) is 6. The van der Waals surface area contributed by atoms with Gasteiger partial charge in [-0.1, -0.05) is 0 Å². The van der Waals surface area contributed by atoms with Crippen molar-refractivity contribution >= 4 is 15.8 Å². The fraction of sp³-hybridized carbons (Fsp3) is 0.500. The lowest BCUT2D eigenvalue weighted by atomic mass is 10.2. The largest absolute Gasteiger partial charge is 0.377 e. The monoisotopic (exact) mass is 272 g/mol. The Morgan fingerprint density at radius 1 is 1.56 bits per heavy atom. The molecule has 2 unspecified atom stereocenters. The molecule has 7 nitrogen and oxygen atoms in total. The average Bonchev–Trinajstić information content (AvgIpc) is 2.74. The Kier molecular flexibility index (Phi) is 3.81. The van der Waals surface area contributed by atoms with Crippen LogP contribution in [0, 0.1) is 0 Å². The summed E-state index contributed by atoms with van der Waals surface area (Å²) in [7, 11) is -3.57. The van der Waals surface area contributed by atoms with E-state index in [1.54, 1.807) is 0 Å². The maximum Gasteiger partial charge on any atom is 0.241 e. The normalized spacial score (nSPS) is 24.1. The van der Waals surface area contributed by atoms with Gasteiger partial charge in [0.2, 0.25) is 10.0 Å². The van der Waals surface area contributed by atoms with Gasteiger partial charge in [0, 0.05) is 18.9 Å². The predicted molar refractivity (Wildman–Crippen MR) is 66.2 cm³/mol. The van der Waals surface area contributed by atoms with Crippen LogP contribution in [0.5, 0.6) is 0 Å². The zero-order valence-electron chi connectivity index (χ0n) is 9.96. The van der Waals surface area contributed by atoms with E-state index in [4.69, 9.17) is 10.6 Å². The number of sulfonamides is 1. The average molecular weight is 272 g/mol. The maximum absolute atomic E-state index is 12.1. The predicted octanol–water partition coefficient (Wildman–Crippen LogP) is -0.177. The Bertz CT molecular complexity index is 520. The zero-order chi connectivity index (χ0) is 13.2. The Morgan fingerprint density at radius 3 is 2.94 bits per heavy atom. The van der Waals surface area contributed by atoms with E-state index in [1.807, 2.05) is 6.92 Å². The Morgan fingerprint density at radius 2 is 2.33 bits per heavy atom. The highest BCUT2D eigenvalue weighted by molar-refractivity contribution is 7.89. The first kappa shape index (κ1) is 13.2. The summed E-state index contributed by atoms with van der Waals surface area (Å²) in [6.45, 7) is 2.42. The quantitative estimate of drug-likeness (QED) is 0.518. The summed E-state index contributed by atoms with van der Waals surface area (Å²) in [5.74, 6) is 5.50. The molecule has 18 heavy (non-hydrogen) atoms. The molecule has 2 rings (SSSR count). The van der Waals surface area contributed by atoms with Gasteiger partial charge in [-0.3, -0.25) is 0 Å². The third-order valence-corrected chi connectivity index (χ3v) is 4.36. The molecule has 0 spiro atoms. The molecule has 0 aromatic carbocycles. The summed E-state index contributed by atoms with van der Waals surface area (Å²) >= 11 is 0. The van der Waals surface area contributed by atoms with Crippen LogP contribution >= 0.6 is 0 Å². The van der Waals surface area contributed by atoms with Crippen molar-refractivity contribution in [3.05, 3.63) is 18.3 Å². The van der Waals surface area contributed by atoms with Crippen molar-refractivity contribution in [3.63, 3.8) is 0 Å². The van der Waals surface area contributed by atoms with Gasteiger partial charge in [-0.15, -0.1) is 0 Å². The van der Waals surface area contributed by atoms with Crippen molar-refractivity contribution in [2.45, 2.75) is 30.4 Å². The lowest BCUT2D eigenvalue weighted by Gasteiger charge is -2.16. The Hall–Kier alpha value is -1.22. The van der Waals surface area contributed by atoms with Crippen LogP contribution in [0.25, 0.3) is 0 Å². The van der Waals surface area contributed by atoms with Crippen LogP contribution in [0.15, 0.2) is 23.2 Å². The van der Waals surface area contributed by atoms with Crippen LogP contribution in [0.1, 0.15) is 13.3 Å². The van der Waals surface area contributed by atoms with E-state index in [0.29, 0.717) is 18.8 Å². The highest BCUT2D eigenvalue weighted by Gasteiger charge is 2.29. The molecular weight excluding hydrogens is 256 g/mol. The van der Waals surface area contributed by atoms with Crippen LogP contribution in [0.2, 0.25) is 0 Å².